The first-order chi connectivity index (χ1) is 13.1. The van der Waals surface area contributed by atoms with Crippen molar-refractivity contribution in [1.29, 1.82) is 0 Å². The van der Waals surface area contributed by atoms with E-state index in [2.05, 4.69) is 30.5 Å². The lowest BCUT2D eigenvalue weighted by Crippen LogP contribution is -2.12. The van der Waals surface area contributed by atoms with Gasteiger partial charge < -0.3 is 0 Å². The van der Waals surface area contributed by atoms with Crippen molar-refractivity contribution in [3.63, 3.8) is 0 Å². The molecule has 9 heteroatoms. The van der Waals surface area contributed by atoms with Crippen molar-refractivity contribution in [1.82, 2.24) is 4.98 Å². The van der Waals surface area contributed by atoms with Crippen LogP contribution in [-0.4, -0.2) is 18.3 Å². The molecule has 7 nitrogen and oxygen atoms in total. The Hall–Kier alpha value is -2.78. The number of nitro benzene ring substituents is 1. The van der Waals surface area contributed by atoms with Crippen LogP contribution in [-0.2, 0) is 15.4 Å². The third kappa shape index (κ3) is 4.37. The summed E-state index contributed by atoms with van der Waals surface area (Å²) in [4.78, 5) is 14.4. The van der Waals surface area contributed by atoms with Crippen molar-refractivity contribution in [3.8, 4) is 11.3 Å². The van der Waals surface area contributed by atoms with Gasteiger partial charge in [0.05, 0.1) is 15.5 Å². The largest absolute Gasteiger partial charge is 0.269 e. The van der Waals surface area contributed by atoms with Gasteiger partial charge in [0.1, 0.15) is 0 Å². The van der Waals surface area contributed by atoms with Crippen LogP contribution in [0.5, 0.6) is 0 Å². The van der Waals surface area contributed by atoms with Crippen LogP contribution in [0, 0.1) is 10.1 Å². The number of sulfonamides is 1. The van der Waals surface area contributed by atoms with Gasteiger partial charge in [-0.3, -0.25) is 14.8 Å². The highest BCUT2D eigenvalue weighted by Crippen LogP contribution is 2.29. The van der Waals surface area contributed by atoms with Crippen LogP contribution in [0.25, 0.3) is 11.3 Å². The molecule has 0 atom stereocenters. The molecule has 0 saturated carbocycles. The normalized spacial score (nSPS) is 12.0. The molecule has 0 amide bonds. The summed E-state index contributed by atoms with van der Waals surface area (Å²) in [6.45, 7) is 6.40. The van der Waals surface area contributed by atoms with Gasteiger partial charge in [0.15, 0.2) is 5.13 Å². The van der Waals surface area contributed by atoms with E-state index < -0.39 is 14.9 Å². The van der Waals surface area contributed by atoms with E-state index in [1.807, 2.05) is 24.3 Å². The first-order valence-electron chi connectivity index (χ1n) is 8.40. The number of rotatable bonds is 5. The molecule has 0 bridgehead atoms. The molecule has 0 unspecified atom stereocenters. The number of nitrogens with zero attached hydrogens (tertiary/aromatic N) is 2. The molecule has 3 rings (SSSR count). The molecule has 0 radical (unpaired) electrons. The molecule has 146 valence electrons. The van der Waals surface area contributed by atoms with E-state index in [-0.39, 0.29) is 21.1 Å². The van der Waals surface area contributed by atoms with Gasteiger partial charge in [-0.1, -0.05) is 45.0 Å². The Morgan fingerprint density at radius 2 is 1.64 bits per heavy atom. The predicted octanol–water partition coefficient (Wildman–Crippen LogP) is 4.82. The van der Waals surface area contributed by atoms with Crippen molar-refractivity contribution in [2.75, 3.05) is 4.72 Å². The molecule has 0 fully saturated rings. The third-order valence-corrected chi connectivity index (χ3v) is 6.37. The first-order valence-corrected chi connectivity index (χ1v) is 10.8. The summed E-state index contributed by atoms with van der Waals surface area (Å²) in [6, 6.07) is 12.7. The van der Waals surface area contributed by atoms with Gasteiger partial charge >= 0.3 is 0 Å². The van der Waals surface area contributed by atoms with Crippen molar-refractivity contribution in [2.45, 2.75) is 31.1 Å². The maximum Gasteiger partial charge on any atom is 0.269 e. The van der Waals surface area contributed by atoms with Crippen LogP contribution >= 0.6 is 11.3 Å². The van der Waals surface area contributed by atoms with E-state index >= 15 is 0 Å². The van der Waals surface area contributed by atoms with Crippen LogP contribution in [0.2, 0.25) is 0 Å². The number of benzene rings is 2. The van der Waals surface area contributed by atoms with E-state index in [0.717, 1.165) is 17.7 Å². The zero-order chi connectivity index (χ0) is 20.5. The number of nitrogens with one attached hydrogen (secondary N) is 1. The molecule has 1 N–H and O–H groups in total. The highest BCUT2D eigenvalue weighted by Gasteiger charge is 2.18. The fourth-order valence-corrected chi connectivity index (χ4v) is 4.49. The molecular weight excluding hydrogens is 398 g/mol. The summed E-state index contributed by atoms with van der Waals surface area (Å²) < 4.78 is 27.4. The molecule has 0 aliphatic carbocycles. The Labute approximate surface area is 167 Å². The average molecular weight is 418 g/mol. The maximum atomic E-state index is 12.5. The van der Waals surface area contributed by atoms with Gasteiger partial charge in [-0.15, -0.1) is 11.3 Å². The zero-order valence-corrected chi connectivity index (χ0v) is 17.2. The van der Waals surface area contributed by atoms with Crippen LogP contribution in [0.4, 0.5) is 10.8 Å². The first kappa shape index (κ1) is 20.0. The van der Waals surface area contributed by atoms with E-state index in [4.69, 9.17) is 0 Å². The minimum atomic E-state index is -3.88. The Morgan fingerprint density at radius 3 is 2.18 bits per heavy atom. The lowest BCUT2D eigenvalue weighted by molar-refractivity contribution is -0.384. The van der Waals surface area contributed by atoms with E-state index in [1.165, 1.54) is 29.0 Å². The number of aromatic nitrogens is 1. The molecular formula is C19H19N3O4S2. The second-order valence-corrected chi connectivity index (χ2v) is 9.76. The summed E-state index contributed by atoms with van der Waals surface area (Å²) in [5.41, 5.74) is 2.64. The molecule has 3 aromatic rings. The van der Waals surface area contributed by atoms with Crippen molar-refractivity contribution < 1.29 is 13.3 Å². The number of nitro groups is 1. The summed E-state index contributed by atoms with van der Waals surface area (Å²) in [7, 11) is -3.88. The van der Waals surface area contributed by atoms with Gasteiger partial charge in [-0.2, -0.15) is 0 Å². The Balaban J connectivity index is 1.79. The van der Waals surface area contributed by atoms with Crippen molar-refractivity contribution in [2.24, 2.45) is 0 Å². The van der Waals surface area contributed by atoms with Crippen molar-refractivity contribution >= 4 is 32.2 Å². The Bertz CT molecular complexity index is 1100. The summed E-state index contributed by atoms with van der Waals surface area (Å²) >= 11 is 1.17. The molecule has 1 aromatic heterocycles. The van der Waals surface area contributed by atoms with Crippen LogP contribution in [0.15, 0.2) is 58.8 Å². The van der Waals surface area contributed by atoms with Gasteiger partial charge in [-0.25, -0.2) is 13.4 Å². The molecule has 0 spiro atoms. The quantitative estimate of drug-likeness (QED) is 0.474. The van der Waals surface area contributed by atoms with Crippen LogP contribution in [0.3, 0.4) is 0 Å². The van der Waals surface area contributed by atoms with Crippen molar-refractivity contribution in [3.05, 3.63) is 69.6 Å². The fourth-order valence-electron chi connectivity index (χ4n) is 2.52. The third-order valence-electron chi connectivity index (χ3n) is 4.13. The highest BCUT2D eigenvalue weighted by molar-refractivity contribution is 7.93. The standard InChI is InChI=1S/C19H19N3O4S2/c1-19(2,3)14-6-4-13(5-7-14)17-12-27-18(20-17)21-28(25,26)16-10-8-15(9-11-16)22(23)24/h4-12H,1-3H3,(H,20,21). The average Bonchev–Trinajstić information content (AvgIpc) is 3.09. The minimum Gasteiger partial charge on any atom is -0.258 e. The van der Waals surface area contributed by atoms with Crippen LogP contribution in [0.1, 0.15) is 26.3 Å². The topological polar surface area (TPSA) is 102 Å². The van der Waals surface area contributed by atoms with Gasteiger partial charge in [0.2, 0.25) is 0 Å². The molecule has 0 aliphatic heterocycles. The number of hydrogen-bond donors (Lipinski definition) is 1. The number of thiazole rings is 1. The van der Waals surface area contributed by atoms with Gasteiger partial charge in [0, 0.05) is 23.1 Å². The fraction of sp³-hybridized carbons (Fsp3) is 0.211. The second kappa shape index (κ2) is 7.33. The lowest BCUT2D eigenvalue weighted by atomic mass is 9.86. The Kier molecular flexibility index (Phi) is 5.22. The van der Waals surface area contributed by atoms with E-state index in [9.17, 15) is 18.5 Å². The highest BCUT2D eigenvalue weighted by atomic mass is 32.2. The minimum absolute atomic E-state index is 0.0478. The smallest absolute Gasteiger partial charge is 0.258 e. The van der Waals surface area contributed by atoms with Gasteiger partial charge in [0.25, 0.3) is 15.7 Å². The predicted molar refractivity (Wildman–Crippen MR) is 110 cm³/mol. The SMILES string of the molecule is CC(C)(C)c1ccc(-c2csc(NS(=O)(=O)c3ccc([N+](=O)[O-])cc3)n2)cc1. The van der Waals surface area contributed by atoms with Crippen LogP contribution < -0.4 is 4.72 Å². The molecule has 1 heterocycles. The molecule has 28 heavy (non-hydrogen) atoms. The molecule has 0 saturated heterocycles. The number of anilines is 1. The summed E-state index contributed by atoms with van der Waals surface area (Å²) in [5.74, 6) is 0. The zero-order valence-electron chi connectivity index (χ0n) is 15.5. The number of hydrogen-bond acceptors (Lipinski definition) is 6. The molecule has 2 aromatic carbocycles. The lowest BCUT2D eigenvalue weighted by Gasteiger charge is -2.18. The second-order valence-electron chi connectivity index (χ2n) is 7.22. The maximum absolute atomic E-state index is 12.5. The summed E-state index contributed by atoms with van der Waals surface area (Å²) in [6.07, 6.45) is 0. The molecule has 0 aliphatic rings. The Morgan fingerprint density at radius 1 is 1.04 bits per heavy atom. The monoisotopic (exact) mass is 417 g/mol. The van der Waals surface area contributed by atoms with E-state index in [1.54, 1.807) is 5.38 Å². The summed E-state index contributed by atoms with van der Waals surface area (Å²) in [5, 5.41) is 12.7. The van der Waals surface area contributed by atoms with Gasteiger partial charge in [-0.05, 0) is 23.1 Å². The van der Waals surface area contributed by atoms with E-state index in [0.29, 0.717) is 5.69 Å². The number of non-ortho nitro benzene ring substituents is 1.